The minimum atomic E-state index is -0.395. The zero-order chi connectivity index (χ0) is 13.8. The molecule has 0 saturated carbocycles. The minimum absolute atomic E-state index is 0.0974. The van der Waals surface area contributed by atoms with E-state index in [9.17, 15) is 9.90 Å². The normalized spacial score (nSPS) is 12.1. The molecule has 0 radical (unpaired) electrons. The number of hydrogen-bond acceptors (Lipinski definition) is 6. The van der Waals surface area contributed by atoms with E-state index in [4.69, 9.17) is 0 Å². The van der Waals surface area contributed by atoms with Gasteiger partial charge in [0, 0.05) is 0 Å². The Morgan fingerprint density at radius 1 is 1.47 bits per heavy atom. The van der Waals surface area contributed by atoms with Crippen LogP contribution >= 0.6 is 0 Å². The van der Waals surface area contributed by atoms with Crippen LogP contribution in [0.3, 0.4) is 0 Å². The highest BCUT2D eigenvalue weighted by Gasteiger charge is 2.26. The molecule has 0 fully saturated rings. The Hall–Kier alpha value is -2.51. The monoisotopic (exact) mass is 264 g/mol. The lowest BCUT2D eigenvalue weighted by atomic mass is 10.0. The molecule has 1 heterocycles. The Kier molecular flexibility index (Phi) is 3.69. The molecule has 100 valence electrons. The van der Waals surface area contributed by atoms with Crippen molar-refractivity contribution in [2.24, 2.45) is 7.05 Å². The summed E-state index contributed by atoms with van der Waals surface area (Å²) in [5.41, 5.74) is 0.797. The number of benzene rings is 1. The third-order valence-electron chi connectivity index (χ3n) is 2.74. The maximum absolute atomic E-state index is 11.5. The number of nitrogens with zero attached hydrogens (tertiary/aromatic N) is 5. The predicted molar refractivity (Wildman–Crippen MR) is 61.9 cm³/mol. The molecule has 1 aromatic heterocycles. The molecule has 8 heteroatoms. The fourth-order valence-electron chi connectivity index (χ4n) is 1.75. The van der Waals surface area contributed by atoms with E-state index in [1.165, 1.54) is 16.7 Å². The second-order valence-electron chi connectivity index (χ2n) is 3.97. The van der Waals surface area contributed by atoms with Crippen LogP contribution in [0, 0.1) is 0 Å². The van der Waals surface area contributed by atoms with Crippen molar-refractivity contribution in [3.05, 3.63) is 29.8 Å². The van der Waals surface area contributed by atoms with Crippen molar-refractivity contribution in [2.45, 2.75) is 12.5 Å². The molecule has 0 amide bonds. The van der Waals surface area contributed by atoms with Crippen molar-refractivity contribution in [1.29, 1.82) is 0 Å². The van der Waals surface area contributed by atoms with E-state index in [0.717, 1.165) is 5.56 Å². The van der Waals surface area contributed by atoms with Crippen LogP contribution in [-0.4, -0.2) is 38.6 Å². The fraction of sp³-hybridized carbons (Fsp3) is 0.364. The van der Waals surface area contributed by atoms with Crippen LogP contribution < -0.4 is 4.80 Å². The average molecular weight is 264 g/mol. The maximum atomic E-state index is 11.5. The summed E-state index contributed by atoms with van der Waals surface area (Å²) in [5, 5.41) is 20.4. The third kappa shape index (κ3) is 2.84. The molecule has 0 spiro atoms. The van der Waals surface area contributed by atoms with Gasteiger partial charge >= 0.3 is 5.97 Å². The molecule has 0 aliphatic heterocycles. The number of aromatic nitrogens is 5. The van der Waals surface area contributed by atoms with Gasteiger partial charge in [-0.3, -0.25) is 4.79 Å². The summed E-state index contributed by atoms with van der Waals surface area (Å²) in [6.45, 7) is 0. The van der Waals surface area contributed by atoms with Gasteiger partial charge in [0.25, 0.3) is 0 Å². The van der Waals surface area contributed by atoms with E-state index in [1.54, 1.807) is 31.3 Å². The lowest BCUT2D eigenvalue weighted by molar-refractivity contribution is -0.812. The van der Waals surface area contributed by atoms with Gasteiger partial charge in [0.2, 0.25) is 10.4 Å². The second kappa shape index (κ2) is 5.42. The zero-order valence-corrected chi connectivity index (χ0v) is 10.6. The van der Waals surface area contributed by atoms with Crippen LogP contribution in [-0.2, 0) is 16.6 Å². The summed E-state index contributed by atoms with van der Waals surface area (Å²) in [5.74, 6) is -0.213. The van der Waals surface area contributed by atoms with Crippen LogP contribution in [0.1, 0.15) is 18.0 Å². The summed E-state index contributed by atoms with van der Waals surface area (Å²) in [6.07, 6.45) is 0.0974. The van der Waals surface area contributed by atoms with Gasteiger partial charge in [-0.25, -0.2) is 0 Å². The number of aryl methyl sites for hydroxylation is 1. The number of rotatable bonds is 4. The van der Waals surface area contributed by atoms with Crippen LogP contribution in [0.15, 0.2) is 24.3 Å². The Morgan fingerprint density at radius 3 is 2.68 bits per heavy atom. The third-order valence-corrected chi connectivity index (χ3v) is 2.74. The number of aromatic hydroxyl groups is 1. The van der Waals surface area contributed by atoms with E-state index in [-0.39, 0.29) is 18.1 Å². The molecule has 1 aromatic carbocycles. The van der Waals surface area contributed by atoms with Gasteiger partial charge in [-0.1, -0.05) is 16.9 Å². The Morgan fingerprint density at radius 2 is 2.16 bits per heavy atom. The van der Waals surface area contributed by atoms with E-state index in [0.29, 0.717) is 0 Å². The number of phenolic OH excluding ortho intramolecular Hbond substituents is 1. The van der Waals surface area contributed by atoms with Crippen molar-refractivity contribution in [1.82, 2.24) is 20.4 Å². The molecular weight excluding hydrogens is 250 g/mol. The topological polar surface area (TPSA) is 94.0 Å². The summed E-state index contributed by atoms with van der Waals surface area (Å²) in [4.78, 5) is 14.4. The van der Waals surface area contributed by atoms with Gasteiger partial charge < -0.3 is 9.84 Å². The van der Waals surface area contributed by atoms with Crippen LogP contribution in [0.2, 0.25) is 0 Å². The van der Waals surface area contributed by atoms with E-state index < -0.39 is 6.04 Å². The standard InChI is InChI=1S/C11H13N5O3/c1-15-13-12-14-16(15)10(7-11(18)19-2)8-3-5-9(17)6-4-8/h3-6,10H,7H2,1-2H3/p+1/t10-/m0/s1. The van der Waals surface area contributed by atoms with Crippen molar-refractivity contribution in [3.63, 3.8) is 0 Å². The number of carbonyl (C=O) groups excluding carboxylic acids is 1. The second-order valence-corrected chi connectivity index (χ2v) is 3.97. The van der Waals surface area contributed by atoms with Gasteiger partial charge in [0.15, 0.2) is 0 Å². The number of carbonyl (C=O) groups is 1. The van der Waals surface area contributed by atoms with E-state index in [2.05, 4.69) is 20.4 Å². The van der Waals surface area contributed by atoms with Crippen molar-refractivity contribution in [3.8, 4) is 5.75 Å². The number of ether oxygens (including phenoxy) is 1. The van der Waals surface area contributed by atoms with Gasteiger partial charge in [0.05, 0.1) is 13.5 Å². The lowest BCUT2D eigenvalue weighted by Crippen LogP contribution is -2.45. The summed E-state index contributed by atoms with van der Waals surface area (Å²) >= 11 is 0. The molecule has 0 aliphatic carbocycles. The Balaban J connectivity index is 2.37. The average Bonchev–Trinajstić information content (AvgIpc) is 2.83. The highest BCUT2D eigenvalue weighted by atomic mass is 16.5. The Bertz CT molecular complexity index is 566. The van der Waals surface area contributed by atoms with Crippen LogP contribution in [0.5, 0.6) is 5.75 Å². The lowest BCUT2D eigenvalue weighted by Gasteiger charge is -2.12. The van der Waals surface area contributed by atoms with Crippen LogP contribution in [0.4, 0.5) is 0 Å². The molecule has 1 atom stereocenters. The van der Waals surface area contributed by atoms with Crippen LogP contribution in [0.25, 0.3) is 0 Å². The first-order valence-corrected chi connectivity index (χ1v) is 5.62. The first-order valence-electron chi connectivity index (χ1n) is 5.62. The van der Waals surface area contributed by atoms with Gasteiger partial charge in [-0.15, -0.1) is 0 Å². The van der Waals surface area contributed by atoms with Gasteiger partial charge in [-0.05, 0) is 22.5 Å². The largest absolute Gasteiger partial charge is 0.508 e. The van der Waals surface area contributed by atoms with Gasteiger partial charge in [-0.2, -0.15) is 0 Å². The molecule has 8 nitrogen and oxygen atoms in total. The minimum Gasteiger partial charge on any atom is -0.508 e. The molecule has 2 aromatic rings. The van der Waals surface area contributed by atoms with Crippen molar-refractivity contribution in [2.75, 3.05) is 7.11 Å². The number of phenols is 1. The predicted octanol–water partition coefficient (Wildman–Crippen LogP) is -0.644. The Labute approximate surface area is 109 Å². The fourth-order valence-corrected chi connectivity index (χ4v) is 1.75. The molecule has 0 saturated heterocycles. The quantitative estimate of drug-likeness (QED) is 0.583. The smallest absolute Gasteiger partial charge is 0.308 e. The molecule has 0 bridgehead atoms. The molecular formula is C11H14N5O3+. The van der Waals surface area contributed by atoms with Crippen molar-refractivity contribution < 1.29 is 19.4 Å². The molecule has 1 N–H and O–H groups in total. The summed E-state index contributed by atoms with van der Waals surface area (Å²) in [6, 6.07) is 6.12. The first kappa shape index (κ1) is 12.9. The van der Waals surface area contributed by atoms with E-state index in [1.807, 2.05) is 0 Å². The number of methoxy groups -OCH3 is 1. The first-order chi connectivity index (χ1) is 9.11. The molecule has 0 unspecified atom stereocenters. The highest BCUT2D eigenvalue weighted by Crippen LogP contribution is 2.22. The zero-order valence-electron chi connectivity index (χ0n) is 10.6. The molecule has 0 aliphatic rings. The number of hydrogen-bond donors (Lipinski definition) is 1. The SMILES string of the molecule is COC(=O)C[C@@H](c1ccc(O)cc1)n1nnn[n+]1C. The molecule has 2 rings (SSSR count). The van der Waals surface area contributed by atoms with Gasteiger partial charge in [0.1, 0.15) is 24.1 Å². The van der Waals surface area contributed by atoms with Crippen molar-refractivity contribution >= 4 is 5.97 Å². The summed E-state index contributed by atoms with van der Waals surface area (Å²) < 4.78 is 4.68. The number of esters is 1. The van der Waals surface area contributed by atoms with E-state index >= 15 is 0 Å². The molecule has 19 heavy (non-hydrogen) atoms. The summed E-state index contributed by atoms with van der Waals surface area (Å²) in [7, 11) is 3.00. The highest BCUT2D eigenvalue weighted by molar-refractivity contribution is 5.70. The maximum Gasteiger partial charge on any atom is 0.308 e.